The standard InChI is InChI=1S/C11H17N3O/c1-2-5-13-10-6-12-7-11(14-10)15-8-9-3-4-9/h6-7,9H,2-5,8H2,1H3,(H,13,14). The Labute approximate surface area is 90.1 Å². The van der Waals surface area contributed by atoms with Gasteiger partial charge in [-0.25, -0.2) is 0 Å². The molecule has 0 unspecified atom stereocenters. The zero-order valence-corrected chi connectivity index (χ0v) is 9.07. The van der Waals surface area contributed by atoms with Gasteiger partial charge < -0.3 is 10.1 Å². The lowest BCUT2D eigenvalue weighted by atomic mass is 10.5. The largest absolute Gasteiger partial charge is 0.476 e. The van der Waals surface area contributed by atoms with Crippen molar-refractivity contribution in [3.8, 4) is 5.88 Å². The summed E-state index contributed by atoms with van der Waals surface area (Å²) in [5.74, 6) is 2.17. The number of anilines is 1. The van der Waals surface area contributed by atoms with Gasteiger partial charge in [0.05, 0.1) is 19.0 Å². The summed E-state index contributed by atoms with van der Waals surface area (Å²) in [4.78, 5) is 8.40. The molecular weight excluding hydrogens is 190 g/mol. The second-order valence-electron chi connectivity index (χ2n) is 3.92. The van der Waals surface area contributed by atoms with Crippen LogP contribution in [0.5, 0.6) is 5.88 Å². The fraction of sp³-hybridized carbons (Fsp3) is 0.636. The lowest BCUT2D eigenvalue weighted by molar-refractivity contribution is 0.287. The third kappa shape index (κ3) is 3.38. The quantitative estimate of drug-likeness (QED) is 0.776. The molecule has 0 spiro atoms. The van der Waals surface area contributed by atoms with Crippen LogP contribution in [-0.4, -0.2) is 23.1 Å². The Morgan fingerprint density at radius 3 is 3.07 bits per heavy atom. The predicted octanol–water partition coefficient (Wildman–Crippen LogP) is 2.09. The van der Waals surface area contributed by atoms with Gasteiger partial charge in [0.1, 0.15) is 5.82 Å². The fourth-order valence-electron chi connectivity index (χ4n) is 1.24. The molecule has 0 aliphatic heterocycles. The molecule has 0 bridgehead atoms. The van der Waals surface area contributed by atoms with Gasteiger partial charge in [-0.2, -0.15) is 4.98 Å². The summed E-state index contributed by atoms with van der Waals surface area (Å²) in [5, 5.41) is 3.18. The first kappa shape index (κ1) is 10.2. The summed E-state index contributed by atoms with van der Waals surface area (Å²) < 4.78 is 5.54. The number of nitrogens with zero attached hydrogens (tertiary/aromatic N) is 2. The van der Waals surface area contributed by atoms with Crippen molar-refractivity contribution in [3.63, 3.8) is 0 Å². The molecule has 82 valence electrons. The second-order valence-corrected chi connectivity index (χ2v) is 3.92. The molecule has 1 saturated carbocycles. The van der Waals surface area contributed by atoms with Crippen molar-refractivity contribution in [2.75, 3.05) is 18.5 Å². The molecule has 1 aliphatic carbocycles. The topological polar surface area (TPSA) is 47.0 Å². The molecule has 0 radical (unpaired) electrons. The first-order chi connectivity index (χ1) is 7.38. The Hall–Kier alpha value is -1.32. The molecule has 1 aromatic heterocycles. The molecule has 0 amide bonds. The Balaban J connectivity index is 1.85. The maximum Gasteiger partial charge on any atom is 0.234 e. The van der Waals surface area contributed by atoms with Gasteiger partial charge in [0.15, 0.2) is 0 Å². The van der Waals surface area contributed by atoms with Gasteiger partial charge in [-0.05, 0) is 25.2 Å². The van der Waals surface area contributed by atoms with Crippen molar-refractivity contribution >= 4 is 5.82 Å². The highest BCUT2D eigenvalue weighted by Crippen LogP contribution is 2.29. The van der Waals surface area contributed by atoms with Crippen LogP contribution < -0.4 is 10.1 Å². The normalized spacial score (nSPS) is 15.0. The molecule has 4 heteroatoms. The SMILES string of the molecule is CCCNc1cncc(OCC2CC2)n1. The lowest BCUT2D eigenvalue weighted by Gasteiger charge is -2.06. The molecule has 0 saturated heterocycles. The average Bonchev–Trinajstić information content (AvgIpc) is 3.08. The van der Waals surface area contributed by atoms with Gasteiger partial charge >= 0.3 is 0 Å². The minimum Gasteiger partial charge on any atom is -0.476 e. The van der Waals surface area contributed by atoms with Crippen LogP contribution in [0.25, 0.3) is 0 Å². The van der Waals surface area contributed by atoms with E-state index in [1.807, 2.05) is 0 Å². The van der Waals surface area contributed by atoms with E-state index in [-0.39, 0.29) is 0 Å². The lowest BCUT2D eigenvalue weighted by Crippen LogP contribution is -2.05. The number of aromatic nitrogens is 2. The Morgan fingerprint density at radius 2 is 2.33 bits per heavy atom. The highest BCUT2D eigenvalue weighted by Gasteiger charge is 2.22. The van der Waals surface area contributed by atoms with Crippen molar-refractivity contribution in [1.82, 2.24) is 9.97 Å². The van der Waals surface area contributed by atoms with Crippen LogP contribution in [0.4, 0.5) is 5.82 Å². The number of nitrogens with one attached hydrogen (secondary N) is 1. The van der Waals surface area contributed by atoms with E-state index in [1.165, 1.54) is 12.8 Å². The summed E-state index contributed by atoms with van der Waals surface area (Å²) in [6.07, 6.45) is 7.05. The van der Waals surface area contributed by atoms with E-state index < -0.39 is 0 Å². The molecule has 1 aromatic rings. The monoisotopic (exact) mass is 207 g/mol. The van der Waals surface area contributed by atoms with Gasteiger partial charge in [-0.3, -0.25) is 4.98 Å². The molecule has 0 aromatic carbocycles. The number of hydrogen-bond acceptors (Lipinski definition) is 4. The van der Waals surface area contributed by atoms with Crippen LogP contribution in [0, 0.1) is 5.92 Å². The van der Waals surface area contributed by atoms with E-state index in [0.29, 0.717) is 5.88 Å². The zero-order valence-electron chi connectivity index (χ0n) is 9.07. The maximum atomic E-state index is 5.54. The molecule has 1 N–H and O–H groups in total. The Bertz CT molecular complexity index is 312. The fourth-order valence-corrected chi connectivity index (χ4v) is 1.24. The van der Waals surface area contributed by atoms with Crippen LogP contribution in [0.3, 0.4) is 0 Å². The summed E-state index contributed by atoms with van der Waals surface area (Å²) >= 11 is 0. The first-order valence-electron chi connectivity index (χ1n) is 5.57. The van der Waals surface area contributed by atoms with Gasteiger partial charge in [0, 0.05) is 6.54 Å². The summed E-state index contributed by atoms with van der Waals surface area (Å²) in [6, 6.07) is 0. The number of rotatable bonds is 6. The van der Waals surface area contributed by atoms with Crippen molar-refractivity contribution in [2.45, 2.75) is 26.2 Å². The van der Waals surface area contributed by atoms with E-state index in [1.54, 1.807) is 12.4 Å². The van der Waals surface area contributed by atoms with Crippen LogP contribution >= 0.6 is 0 Å². The van der Waals surface area contributed by atoms with Crippen molar-refractivity contribution in [2.24, 2.45) is 5.92 Å². The molecule has 15 heavy (non-hydrogen) atoms. The predicted molar refractivity (Wildman–Crippen MR) is 59.0 cm³/mol. The van der Waals surface area contributed by atoms with E-state index in [4.69, 9.17) is 4.74 Å². The summed E-state index contributed by atoms with van der Waals surface area (Å²) in [6.45, 7) is 3.82. The molecule has 1 heterocycles. The molecule has 0 atom stereocenters. The molecule has 4 nitrogen and oxygen atoms in total. The minimum atomic E-state index is 0.628. The number of ether oxygens (including phenoxy) is 1. The Kier molecular flexibility index (Phi) is 3.37. The third-order valence-corrected chi connectivity index (χ3v) is 2.33. The van der Waals surface area contributed by atoms with E-state index >= 15 is 0 Å². The highest BCUT2D eigenvalue weighted by atomic mass is 16.5. The zero-order chi connectivity index (χ0) is 10.5. The van der Waals surface area contributed by atoms with Gasteiger partial charge in [0.25, 0.3) is 0 Å². The Morgan fingerprint density at radius 1 is 1.47 bits per heavy atom. The molecular formula is C11H17N3O. The summed E-state index contributed by atoms with van der Waals surface area (Å²) in [5.41, 5.74) is 0. The molecule has 2 rings (SSSR count). The minimum absolute atomic E-state index is 0.628. The van der Waals surface area contributed by atoms with Crippen molar-refractivity contribution in [3.05, 3.63) is 12.4 Å². The maximum absolute atomic E-state index is 5.54. The number of hydrogen-bond donors (Lipinski definition) is 1. The molecule has 1 aliphatic rings. The molecule has 1 fully saturated rings. The second kappa shape index (κ2) is 4.96. The van der Waals surface area contributed by atoms with Crippen LogP contribution in [-0.2, 0) is 0 Å². The smallest absolute Gasteiger partial charge is 0.234 e. The first-order valence-corrected chi connectivity index (χ1v) is 5.57. The summed E-state index contributed by atoms with van der Waals surface area (Å²) in [7, 11) is 0. The van der Waals surface area contributed by atoms with Crippen LogP contribution in [0.1, 0.15) is 26.2 Å². The van der Waals surface area contributed by atoms with Crippen molar-refractivity contribution < 1.29 is 4.74 Å². The van der Waals surface area contributed by atoms with Crippen LogP contribution in [0.15, 0.2) is 12.4 Å². The van der Waals surface area contributed by atoms with E-state index in [9.17, 15) is 0 Å². The van der Waals surface area contributed by atoms with Gasteiger partial charge in [-0.15, -0.1) is 0 Å². The average molecular weight is 207 g/mol. The van der Waals surface area contributed by atoms with Crippen LogP contribution in [0.2, 0.25) is 0 Å². The van der Waals surface area contributed by atoms with E-state index in [2.05, 4.69) is 22.2 Å². The highest BCUT2D eigenvalue weighted by molar-refractivity contribution is 5.32. The van der Waals surface area contributed by atoms with Gasteiger partial charge in [-0.1, -0.05) is 6.92 Å². The van der Waals surface area contributed by atoms with Crippen molar-refractivity contribution in [1.29, 1.82) is 0 Å². The van der Waals surface area contributed by atoms with E-state index in [0.717, 1.165) is 31.3 Å². The van der Waals surface area contributed by atoms with Gasteiger partial charge in [0.2, 0.25) is 5.88 Å². The third-order valence-electron chi connectivity index (χ3n) is 2.33.